The average Bonchev–Trinajstić information content (AvgIpc) is 3.50. The number of nitrogens with one attached hydrogen (secondary N) is 1. The second-order valence-electron chi connectivity index (χ2n) is 11.9. The van der Waals surface area contributed by atoms with Crippen molar-refractivity contribution in [3.8, 4) is 11.3 Å². The molecule has 2 aromatic carbocycles. The number of likely N-dealkylation sites (tertiary alicyclic amines) is 1. The Morgan fingerprint density at radius 3 is 2.54 bits per heavy atom. The van der Waals surface area contributed by atoms with Gasteiger partial charge in [0.05, 0.1) is 15.9 Å². The fourth-order valence-corrected chi connectivity index (χ4v) is 6.64. The SMILES string of the molecule is CC(C)(C)OC(=O)N1CCC(c2ccc(-c3cn4c(n3)sc3cc(C(=O)NC5CCOCC5)ccc34)c(F)c2)CC1. The van der Waals surface area contributed by atoms with Crippen LogP contribution in [-0.4, -0.2) is 64.2 Å². The predicted molar refractivity (Wildman–Crippen MR) is 157 cm³/mol. The average molecular weight is 579 g/mol. The zero-order valence-electron chi connectivity index (χ0n) is 23.6. The van der Waals surface area contributed by atoms with E-state index in [9.17, 15) is 9.59 Å². The van der Waals surface area contributed by atoms with Crippen LogP contribution in [0.4, 0.5) is 9.18 Å². The van der Waals surface area contributed by atoms with Crippen molar-refractivity contribution >= 4 is 38.5 Å². The molecule has 1 N–H and O–H groups in total. The summed E-state index contributed by atoms with van der Waals surface area (Å²) in [6.07, 6.45) is 4.74. The lowest BCUT2D eigenvalue weighted by molar-refractivity contribution is 0.0204. The van der Waals surface area contributed by atoms with E-state index < -0.39 is 5.60 Å². The molecule has 10 heteroatoms. The summed E-state index contributed by atoms with van der Waals surface area (Å²) in [5.74, 6) is -0.202. The Bertz CT molecular complexity index is 1590. The molecule has 4 heterocycles. The van der Waals surface area contributed by atoms with Gasteiger partial charge in [-0.3, -0.25) is 9.20 Å². The second kappa shape index (κ2) is 11.1. The van der Waals surface area contributed by atoms with Crippen LogP contribution in [0.5, 0.6) is 0 Å². The van der Waals surface area contributed by atoms with Crippen LogP contribution < -0.4 is 5.32 Å². The first-order valence-electron chi connectivity index (χ1n) is 14.2. The number of piperidine rings is 1. The number of ether oxygens (including phenoxy) is 2. The highest BCUT2D eigenvalue weighted by atomic mass is 32.1. The molecular weight excluding hydrogens is 543 g/mol. The van der Waals surface area contributed by atoms with E-state index in [4.69, 9.17) is 14.5 Å². The zero-order chi connectivity index (χ0) is 28.7. The quantitative estimate of drug-likeness (QED) is 0.304. The van der Waals surface area contributed by atoms with Crippen LogP contribution in [0, 0.1) is 5.82 Å². The van der Waals surface area contributed by atoms with Gasteiger partial charge < -0.3 is 19.7 Å². The summed E-state index contributed by atoms with van der Waals surface area (Å²) in [7, 11) is 0. The number of imidazole rings is 1. The van der Waals surface area contributed by atoms with Gasteiger partial charge in [0.25, 0.3) is 5.91 Å². The van der Waals surface area contributed by atoms with E-state index in [0.717, 1.165) is 46.4 Å². The van der Waals surface area contributed by atoms with Crippen LogP contribution in [0.25, 0.3) is 26.4 Å². The Morgan fingerprint density at radius 1 is 1.07 bits per heavy atom. The van der Waals surface area contributed by atoms with E-state index in [0.29, 0.717) is 43.1 Å². The Labute approximate surface area is 242 Å². The van der Waals surface area contributed by atoms with Gasteiger partial charge >= 0.3 is 6.09 Å². The van der Waals surface area contributed by atoms with E-state index in [1.165, 1.54) is 11.3 Å². The molecule has 8 nitrogen and oxygen atoms in total. The third-order valence-corrected chi connectivity index (χ3v) is 8.82. The van der Waals surface area contributed by atoms with E-state index >= 15 is 4.39 Å². The molecule has 0 radical (unpaired) electrons. The van der Waals surface area contributed by atoms with Gasteiger partial charge in [-0.25, -0.2) is 14.2 Å². The highest BCUT2D eigenvalue weighted by Gasteiger charge is 2.28. The molecule has 2 aromatic heterocycles. The summed E-state index contributed by atoms with van der Waals surface area (Å²) in [5.41, 5.74) is 2.99. The van der Waals surface area contributed by atoms with Crippen molar-refractivity contribution in [3.05, 3.63) is 59.5 Å². The summed E-state index contributed by atoms with van der Waals surface area (Å²) in [6.45, 7) is 8.11. The van der Waals surface area contributed by atoms with Crippen molar-refractivity contribution in [2.45, 2.75) is 64.0 Å². The minimum Gasteiger partial charge on any atom is -0.444 e. The van der Waals surface area contributed by atoms with Crippen molar-refractivity contribution in [1.82, 2.24) is 19.6 Å². The maximum absolute atomic E-state index is 15.4. The van der Waals surface area contributed by atoms with E-state index in [-0.39, 0.29) is 29.8 Å². The van der Waals surface area contributed by atoms with Crippen molar-refractivity contribution in [2.24, 2.45) is 0 Å². The molecule has 0 atom stereocenters. The summed E-state index contributed by atoms with van der Waals surface area (Å²) in [5, 5.41) is 3.11. The Hall–Kier alpha value is -3.50. The van der Waals surface area contributed by atoms with Crippen molar-refractivity contribution < 1.29 is 23.5 Å². The van der Waals surface area contributed by atoms with Gasteiger partial charge in [-0.1, -0.05) is 17.4 Å². The maximum atomic E-state index is 15.4. The molecule has 0 unspecified atom stereocenters. The van der Waals surface area contributed by atoms with Gasteiger partial charge in [0.2, 0.25) is 0 Å². The lowest BCUT2D eigenvalue weighted by Gasteiger charge is -2.33. The highest BCUT2D eigenvalue weighted by molar-refractivity contribution is 7.23. The van der Waals surface area contributed by atoms with Gasteiger partial charge in [0.1, 0.15) is 11.4 Å². The van der Waals surface area contributed by atoms with Crippen molar-refractivity contribution in [3.63, 3.8) is 0 Å². The Morgan fingerprint density at radius 2 is 1.83 bits per heavy atom. The van der Waals surface area contributed by atoms with Gasteiger partial charge in [-0.2, -0.15) is 0 Å². The Balaban J connectivity index is 1.15. The predicted octanol–water partition coefficient (Wildman–Crippen LogP) is 6.38. The number of hydrogen-bond acceptors (Lipinski definition) is 6. The summed E-state index contributed by atoms with van der Waals surface area (Å²) < 4.78 is 29.2. The number of halogens is 1. The molecule has 216 valence electrons. The second-order valence-corrected chi connectivity index (χ2v) is 12.9. The fraction of sp³-hybridized carbons (Fsp3) is 0.452. The summed E-state index contributed by atoms with van der Waals surface area (Å²) in [4.78, 5) is 32.4. The minimum absolute atomic E-state index is 0.0804. The number of amides is 2. The third-order valence-electron chi connectivity index (χ3n) is 7.80. The zero-order valence-corrected chi connectivity index (χ0v) is 24.4. The maximum Gasteiger partial charge on any atom is 0.410 e. The first-order valence-corrected chi connectivity index (χ1v) is 15.0. The van der Waals surface area contributed by atoms with Crippen LogP contribution in [0.1, 0.15) is 68.3 Å². The molecule has 4 aromatic rings. The number of carbonyl (C=O) groups is 2. The van der Waals surface area contributed by atoms with E-state index in [1.807, 2.05) is 55.6 Å². The minimum atomic E-state index is -0.523. The first kappa shape index (κ1) is 27.7. The molecular formula is C31H35FN4O4S. The van der Waals surface area contributed by atoms with Crippen molar-refractivity contribution in [2.75, 3.05) is 26.3 Å². The molecule has 0 bridgehead atoms. The molecule has 6 rings (SSSR count). The standard InChI is InChI=1S/C31H35FN4O4S/c1-31(2,3)40-30(38)35-12-8-19(9-13-35)20-4-6-23(24(32)16-20)25-18-36-26-7-5-21(17-27(26)41-29(36)34-25)28(37)33-22-10-14-39-15-11-22/h4-7,16-19,22H,8-15H2,1-3H3,(H,33,37). The molecule has 2 saturated heterocycles. The lowest BCUT2D eigenvalue weighted by atomic mass is 9.89. The number of hydrogen-bond donors (Lipinski definition) is 1. The monoisotopic (exact) mass is 578 g/mol. The van der Waals surface area contributed by atoms with Gasteiger partial charge in [0, 0.05) is 49.7 Å². The molecule has 41 heavy (non-hydrogen) atoms. The number of thiazole rings is 1. The Kier molecular flexibility index (Phi) is 7.46. The number of rotatable bonds is 4. The van der Waals surface area contributed by atoms with Crippen LogP contribution in [0.2, 0.25) is 0 Å². The van der Waals surface area contributed by atoms with Crippen LogP contribution in [-0.2, 0) is 9.47 Å². The normalized spacial score (nSPS) is 17.3. The molecule has 2 aliphatic heterocycles. The van der Waals surface area contributed by atoms with Crippen LogP contribution >= 0.6 is 11.3 Å². The lowest BCUT2D eigenvalue weighted by Crippen LogP contribution is -2.41. The van der Waals surface area contributed by atoms with Gasteiger partial charge in [-0.15, -0.1) is 0 Å². The fourth-order valence-electron chi connectivity index (χ4n) is 5.60. The third kappa shape index (κ3) is 5.94. The first-order chi connectivity index (χ1) is 19.6. The topological polar surface area (TPSA) is 85.2 Å². The molecule has 2 amide bonds. The number of nitrogens with zero attached hydrogens (tertiary/aromatic N) is 3. The number of carbonyl (C=O) groups excluding carboxylic acids is 2. The van der Waals surface area contributed by atoms with Gasteiger partial charge in [-0.05, 0) is 88.3 Å². The number of fused-ring (bicyclic) bond motifs is 3. The van der Waals surface area contributed by atoms with E-state index in [2.05, 4.69) is 5.32 Å². The van der Waals surface area contributed by atoms with Gasteiger partial charge in [0.15, 0.2) is 4.96 Å². The molecule has 2 fully saturated rings. The molecule has 2 aliphatic rings. The summed E-state index contributed by atoms with van der Waals surface area (Å²) >= 11 is 1.48. The van der Waals surface area contributed by atoms with E-state index in [1.54, 1.807) is 17.0 Å². The molecule has 0 spiro atoms. The smallest absolute Gasteiger partial charge is 0.410 e. The largest absolute Gasteiger partial charge is 0.444 e. The van der Waals surface area contributed by atoms with Crippen LogP contribution in [0.3, 0.4) is 0 Å². The van der Waals surface area contributed by atoms with Crippen molar-refractivity contribution in [1.29, 1.82) is 0 Å². The molecule has 0 saturated carbocycles. The molecule has 0 aliphatic carbocycles. The summed E-state index contributed by atoms with van der Waals surface area (Å²) in [6, 6.07) is 11.2. The highest BCUT2D eigenvalue weighted by Crippen LogP contribution is 2.34. The number of benzene rings is 2. The van der Waals surface area contributed by atoms with Crippen LogP contribution in [0.15, 0.2) is 42.6 Å². The number of aromatic nitrogens is 2.